The van der Waals surface area contributed by atoms with Gasteiger partial charge in [0.2, 0.25) is 0 Å². The Hall–Kier alpha value is -1.63. The molecule has 0 atom stereocenters. The number of carboxylic acid groups (broad SMARTS) is 1. The summed E-state index contributed by atoms with van der Waals surface area (Å²) in [5.41, 5.74) is -3.29. The Kier molecular flexibility index (Phi) is 3.73. The van der Waals surface area contributed by atoms with E-state index in [1.807, 2.05) is 0 Å². The molecule has 1 saturated carbocycles. The molecule has 7 heteroatoms. The zero-order valence-corrected chi connectivity index (χ0v) is 10.5. The van der Waals surface area contributed by atoms with Crippen LogP contribution in [0.4, 0.5) is 17.6 Å². The number of hydrogen-bond acceptors (Lipinski definition) is 2. The number of aliphatic carboxylic acids is 1. The van der Waals surface area contributed by atoms with Crippen LogP contribution in [0.1, 0.15) is 24.0 Å². The minimum absolute atomic E-state index is 0.171. The summed E-state index contributed by atoms with van der Waals surface area (Å²) in [6, 6.07) is 0. The second-order valence-corrected chi connectivity index (χ2v) is 4.69. The highest BCUT2D eigenvalue weighted by Crippen LogP contribution is 2.51. The Morgan fingerprint density at radius 3 is 2.05 bits per heavy atom. The van der Waals surface area contributed by atoms with Gasteiger partial charge < -0.3 is 9.84 Å². The summed E-state index contributed by atoms with van der Waals surface area (Å²) in [5, 5.41) is 8.94. The number of halogens is 4. The highest BCUT2D eigenvalue weighted by Gasteiger charge is 2.51. The first-order valence-electron chi connectivity index (χ1n) is 5.77. The maximum Gasteiger partial charge on any atom is 0.310 e. The first kappa shape index (κ1) is 14.8. The summed E-state index contributed by atoms with van der Waals surface area (Å²) in [6.45, 7) is -0.629. The lowest BCUT2D eigenvalue weighted by atomic mass is 9.94. The van der Waals surface area contributed by atoms with Crippen LogP contribution in [-0.4, -0.2) is 18.2 Å². The van der Waals surface area contributed by atoms with Crippen LogP contribution in [-0.2, 0) is 16.1 Å². The Labute approximate surface area is 112 Å². The largest absolute Gasteiger partial charge is 0.481 e. The van der Waals surface area contributed by atoms with Crippen LogP contribution in [0, 0.1) is 35.1 Å². The van der Waals surface area contributed by atoms with Crippen molar-refractivity contribution in [2.45, 2.75) is 19.4 Å². The van der Waals surface area contributed by atoms with Crippen LogP contribution < -0.4 is 0 Å². The van der Waals surface area contributed by atoms with Crippen molar-refractivity contribution in [2.75, 3.05) is 7.11 Å². The highest BCUT2D eigenvalue weighted by atomic mass is 19.2. The summed E-state index contributed by atoms with van der Waals surface area (Å²) in [4.78, 5) is 11.0. The molecule has 2 rings (SSSR count). The summed E-state index contributed by atoms with van der Waals surface area (Å²) >= 11 is 0. The summed E-state index contributed by atoms with van der Waals surface area (Å²) < 4.78 is 59.4. The standard InChI is InChI=1S/C13H11F4O3/c1-20-5-7-10(16)8(14)6(9(15)11(7)17)4-13(2-3-13)12(18)19/h4H,2-3,5H2,1H3,(H,18,19). The van der Waals surface area contributed by atoms with E-state index in [1.54, 1.807) is 0 Å². The number of hydrogen-bond donors (Lipinski definition) is 1. The maximum atomic E-state index is 13.8. The van der Waals surface area contributed by atoms with Crippen LogP contribution in [0.25, 0.3) is 0 Å². The van der Waals surface area contributed by atoms with Gasteiger partial charge in [-0.15, -0.1) is 0 Å². The van der Waals surface area contributed by atoms with E-state index in [0.717, 1.165) is 13.5 Å². The molecule has 1 aromatic carbocycles. The molecule has 0 amide bonds. The topological polar surface area (TPSA) is 46.5 Å². The van der Waals surface area contributed by atoms with E-state index in [1.165, 1.54) is 0 Å². The van der Waals surface area contributed by atoms with Crippen molar-refractivity contribution < 1.29 is 32.2 Å². The Morgan fingerprint density at radius 1 is 1.20 bits per heavy atom. The molecule has 1 aromatic rings. The lowest BCUT2D eigenvalue weighted by Crippen LogP contribution is -2.19. The van der Waals surface area contributed by atoms with Gasteiger partial charge in [-0.3, -0.25) is 4.79 Å². The molecule has 0 aromatic heterocycles. The van der Waals surface area contributed by atoms with Crippen molar-refractivity contribution in [1.29, 1.82) is 0 Å². The third-order valence-corrected chi connectivity index (χ3v) is 3.31. The second kappa shape index (κ2) is 5.05. The first-order valence-corrected chi connectivity index (χ1v) is 5.77. The molecular weight excluding hydrogens is 280 g/mol. The van der Waals surface area contributed by atoms with Crippen molar-refractivity contribution >= 4 is 5.97 Å². The van der Waals surface area contributed by atoms with Crippen molar-refractivity contribution in [2.24, 2.45) is 5.41 Å². The second-order valence-electron chi connectivity index (χ2n) is 4.69. The van der Waals surface area contributed by atoms with Crippen molar-refractivity contribution in [3.05, 3.63) is 40.8 Å². The van der Waals surface area contributed by atoms with Gasteiger partial charge in [0.15, 0.2) is 23.3 Å². The maximum absolute atomic E-state index is 13.8. The zero-order chi connectivity index (χ0) is 15.1. The van der Waals surface area contributed by atoms with Crippen LogP contribution in [0.5, 0.6) is 0 Å². The van der Waals surface area contributed by atoms with E-state index < -0.39 is 52.4 Å². The fourth-order valence-corrected chi connectivity index (χ4v) is 1.92. The molecule has 1 fully saturated rings. The van der Waals surface area contributed by atoms with Crippen molar-refractivity contribution in [1.82, 2.24) is 0 Å². The van der Waals surface area contributed by atoms with E-state index in [-0.39, 0.29) is 12.8 Å². The molecule has 0 unspecified atom stereocenters. The number of carboxylic acids is 1. The lowest BCUT2D eigenvalue weighted by molar-refractivity contribution is -0.141. The molecule has 1 N–H and O–H groups in total. The molecule has 0 spiro atoms. The van der Waals surface area contributed by atoms with E-state index >= 15 is 0 Å². The van der Waals surface area contributed by atoms with Gasteiger partial charge in [0.05, 0.1) is 17.6 Å². The molecule has 20 heavy (non-hydrogen) atoms. The molecule has 109 valence electrons. The smallest absolute Gasteiger partial charge is 0.310 e. The number of benzene rings is 1. The van der Waals surface area contributed by atoms with Crippen molar-refractivity contribution in [3.63, 3.8) is 0 Å². The Bertz CT molecular complexity index is 538. The van der Waals surface area contributed by atoms with Gasteiger partial charge in [0.1, 0.15) is 0 Å². The van der Waals surface area contributed by atoms with Crippen LogP contribution in [0.15, 0.2) is 0 Å². The third-order valence-electron chi connectivity index (χ3n) is 3.31. The molecule has 1 aliphatic rings. The van der Waals surface area contributed by atoms with Gasteiger partial charge in [-0.05, 0) is 12.8 Å². The SMILES string of the molecule is COCc1c(F)c(F)c([CH]C2(C(=O)O)CC2)c(F)c1F. The van der Waals surface area contributed by atoms with Gasteiger partial charge >= 0.3 is 5.97 Å². The van der Waals surface area contributed by atoms with Crippen molar-refractivity contribution in [3.8, 4) is 0 Å². The summed E-state index contributed by atoms with van der Waals surface area (Å²) in [5.74, 6) is -7.64. The van der Waals surface area contributed by atoms with Gasteiger partial charge in [-0.1, -0.05) is 0 Å². The average molecular weight is 291 g/mol. The normalized spacial score (nSPS) is 16.2. The molecule has 0 saturated heterocycles. The number of methoxy groups -OCH3 is 1. The fraction of sp³-hybridized carbons (Fsp3) is 0.385. The monoisotopic (exact) mass is 291 g/mol. The molecular formula is C13H11F4O3. The number of carbonyl (C=O) groups is 1. The number of rotatable bonds is 5. The molecule has 0 heterocycles. The van der Waals surface area contributed by atoms with E-state index in [9.17, 15) is 22.4 Å². The first-order chi connectivity index (χ1) is 9.34. The molecule has 3 nitrogen and oxygen atoms in total. The van der Waals surface area contributed by atoms with E-state index in [0.29, 0.717) is 0 Å². The third kappa shape index (κ3) is 2.26. The van der Waals surface area contributed by atoms with E-state index in [2.05, 4.69) is 4.74 Å². The zero-order valence-electron chi connectivity index (χ0n) is 10.5. The molecule has 1 radical (unpaired) electrons. The Morgan fingerprint density at radius 2 is 1.70 bits per heavy atom. The summed E-state index contributed by atoms with van der Waals surface area (Å²) in [6.07, 6.45) is 1.08. The van der Waals surface area contributed by atoms with Gasteiger partial charge in [0.25, 0.3) is 0 Å². The van der Waals surface area contributed by atoms with Crippen LogP contribution in [0.3, 0.4) is 0 Å². The lowest BCUT2D eigenvalue weighted by Gasteiger charge is -2.14. The van der Waals surface area contributed by atoms with Crippen LogP contribution in [0.2, 0.25) is 0 Å². The average Bonchev–Trinajstić information content (AvgIpc) is 3.19. The molecule has 0 bridgehead atoms. The van der Waals surface area contributed by atoms with Crippen LogP contribution >= 0.6 is 0 Å². The Balaban J connectivity index is 2.47. The predicted octanol–water partition coefficient (Wildman–Crippen LogP) is 2.81. The molecule has 0 aliphatic heterocycles. The molecule has 1 aliphatic carbocycles. The number of ether oxygens (including phenoxy) is 1. The van der Waals surface area contributed by atoms with Gasteiger partial charge in [0, 0.05) is 19.1 Å². The van der Waals surface area contributed by atoms with Gasteiger partial charge in [-0.25, -0.2) is 17.6 Å². The highest BCUT2D eigenvalue weighted by molar-refractivity contribution is 5.80. The minimum atomic E-state index is -1.61. The summed E-state index contributed by atoms with van der Waals surface area (Å²) in [7, 11) is 1.12. The predicted molar refractivity (Wildman–Crippen MR) is 59.7 cm³/mol. The van der Waals surface area contributed by atoms with Gasteiger partial charge in [-0.2, -0.15) is 0 Å². The quantitative estimate of drug-likeness (QED) is 0.670. The fourth-order valence-electron chi connectivity index (χ4n) is 1.92. The minimum Gasteiger partial charge on any atom is -0.481 e. The van der Waals surface area contributed by atoms with E-state index in [4.69, 9.17) is 5.11 Å².